The highest BCUT2D eigenvalue weighted by molar-refractivity contribution is 9.10. The molecule has 1 aromatic rings. The van der Waals surface area contributed by atoms with Crippen LogP contribution in [0.15, 0.2) is 22.7 Å². The highest BCUT2D eigenvalue weighted by Crippen LogP contribution is 2.25. The van der Waals surface area contributed by atoms with Crippen LogP contribution < -0.4 is 5.32 Å². The van der Waals surface area contributed by atoms with Crippen LogP contribution in [0, 0.1) is 5.92 Å². The van der Waals surface area contributed by atoms with Gasteiger partial charge in [0.15, 0.2) is 0 Å². The lowest BCUT2D eigenvalue weighted by molar-refractivity contribution is 0.356. The number of benzene rings is 1. The van der Waals surface area contributed by atoms with Crippen molar-refractivity contribution in [2.45, 2.75) is 51.6 Å². The normalized spacial score (nSPS) is 24.8. The lowest BCUT2D eigenvalue weighted by atomic mass is 9.97. The van der Waals surface area contributed by atoms with Crippen LogP contribution in [0.3, 0.4) is 0 Å². The smallest absolute Gasteiger partial charge is 0.0548 e. The molecule has 0 saturated heterocycles. The van der Waals surface area contributed by atoms with Crippen LogP contribution in [0.1, 0.15) is 44.6 Å². The molecule has 1 aromatic carbocycles. The standard InChI is InChI=1S/C15H21BrClN/c1-11-5-3-2-4-6-15(11)18-10-12-7-8-14(17)13(16)9-12/h7-9,11,15,18H,2-6,10H2,1H3. The van der Waals surface area contributed by atoms with Crippen LogP contribution >= 0.6 is 27.5 Å². The van der Waals surface area contributed by atoms with Gasteiger partial charge in [-0.2, -0.15) is 0 Å². The average molecular weight is 331 g/mol. The summed E-state index contributed by atoms with van der Waals surface area (Å²) in [5.41, 5.74) is 1.29. The maximum absolute atomic E-state index is 6.01. The summed E-state index contributed by atoms with van der Waals surface area (Å²) in [7, 11) is 0. The summed E-state index contributed by atoms with van der Waals surface area (Å²) in [5.74, 6) is 0.795. The van der Waals surface area contributed by atoms with E-state index in [4.69, 9.17) is 11.6 Å². The third-order valence-electron chi connectivity index (χ3n) is 3.91. The number of nitrogens with one attached hydrogen (secondary N) is 1. The Bertz CT molecular complexity index is 394. The van der Waals surface area contributed by atoms with Crippen LogP contribution in [0.2, 0.25) is 5.02 Å². The van der Waals surface area contributed by atoms with Crippen molar-refractivity contribution in [2.75, 3.05) is 0 Å². The zero-order valence-corrected chi connectivity index (χ0v) is 13.2. The van der Waals surface area contributed by atoms with Crippen molar-refractivity contribution < 1.29 is 0 Å². The first-order valence-corrected chi connectivity index (χ1v) is 8.01. The van der Waals surface area contributed by atoms with E-state index in [2.05, 4.69) is 40.3 Å². The highest BCUT2D eigenvalue weighted by atomic mass is 79.9. The van der Waals surface area contributed by atoms with Crippen molar-refractivity contribution in [3.63, 3.8) is 0 Å². The van der Waals surface area contributed by atoms with Crippen molar-refractivity contribution in [3.8, 4) is 0 Å². The molecule has 2 unspecified atom stereocenters. The van der Waals surface area contributed by atoms with Gasteiger partial charge in [0.2, 0.25) is 0 Å². The van der Waals surface area contributed by atoms with Gasteiger partial charge in [-0.05, 0) is 52.4 Å². The van der Waals surface area contributed by atoms with E-state index in [1.165, 1.54) is 37.7 Å². The van der Waals surface area contributed by atoms with Crippen molar-refractivity contribution in [1.29, 1.82) is 0 Å². The van der Waals surface area contributed by atoms with E-state index < -0.39 is 0 Å². The quantitative estimate of drug-likeness (QED) is 0.755. The molecule has 1 fully saturated rings. The number of hydrogen-bond acceptors (Lipinski definition) is 1. The van der Waals surface area contributed by atoms with Gasteiger partial charge >= 0.3 is 0 Å². The van der Waals surface area contributed by atoms with Gasteiger partial charge in [-0.3, -0.25) is 0 Å². The van der Waals surface area contributed by atoms with Gasteiger partial charge < -0.3 is 5.32 Å². The Hall–Kier alpha value is -0.0500. The number of rotatable bonds is 3. The van der Waals surface area contributed by atoms with E-state index in [9.17, 15) is 0 Å². The summed E-state index contributed by atoms with van der Waals surface area (Å²) in [5, 5.41) is 4.49. The molecule has 2 rings (SSSR count). The minimum Gasteiger partial charge on any atom is -0.310 e. The van der Waals surface area contributed by atoms with E-state index in [0.717, 1.165) is 22.0 Å². The highest BCUT2D eigenvalue weighted by Gasteiger charge is 2.19. The summed E-state index contributed by atoms with van der Waals surface area (Å²) in [4.78, 5) is 0. The van der Waals surface area contributed by atoms with Crippen molar-refractivity contribution in [1.82, 2.24) is 5.32 Å². The van der Waals surface area contributed by atoms with Gasteiger partial charge in [0.25, 0.3) is 0 Å². The molecule has 100 valence electrons. The molecule has 1 N–H and O–H groups in total. The lowest BCUT2D eigenvalue weighted by Gasteiger charge is -2.23. The molecular weight excluding hydrogens is 310 g/mol. The molecule has 2 atom stereocenters. The van der Waals surface area contributed by atoms with E-state index in [1.807, 2.05) is 6.07 Å². The summed E-state index contributed by atoms with van der Waals surface area (Å²) in [6.45, 7) is 3.31. The molecule has 0 amide bonds. The Morgan fingerprint density at radius 1 is 1.28 bits per heavy atom. The molecule has 1 aliphatic carbocycles. The van der Waals surface area contributed by atoms with E-state index in [1.54, 1.807) is 0 Å². The first-order chi connectivity index (χ1) is 8.66. The molecule has 1 nitrogen and oxygen atoms in total. The van der Waals surface area contributed by atoms with Gasteiger partial charge in [0, 0.05) is 17.1 Å². The predicted molar refractivity (Wildman–Crippen MR) is 82.0 cm³/mol. The Kier molecular flexibility index (Phi) is 5.53. The SMILES string of the molecule is CC1CCCCCC1NCc1ccc(Cl)c(Br)c1. The van der Waals surface area contributed by atoms with Crippen LogP contribution in [-0.2, 0) is 6.54 Å². The maximum atomic E-state index is 6.01. The molecule has 0 bridgehead atoms. The van der Waals surface area contributed by atoms with Gasteiger partial charge in [0.1, 0.15) is 0 Å². The van der Waals surface area contributed by atoms with Crippen LogP contribution in [0.5, 0.6) is 0 Å². The average Bonchev–Trinajstić information content (AvgIpc) is 2.56. The predicted octanol–water partition coefficient (Wildman–Crippen LogP) is 5.16. The second kappa shape index (κ2) is 6.93. The second-order valence-corrected chi connectivity index (χ2v) is 6.61. The van der Waals surface area contributed by atoms with Gasteiger partial charge in [-0.1, -0.05) is 43.9 Å². The van der Waals surface area contributed by atoms with Crippen LogP contribution in [0.4, 0.5) is 0 Å². The van der Waals surface area contributed by atoms with Crippen LogP contribution in [-0.4, -0.2) is 6.04 Å². The second-order valence-electron chi connectivity index (χ2n) is 5.35. The Morgan fingerprint density at radius 3 is 2.83 bits per heavy atom. The molecule has 0 radical (unpaired) electrons. The summed E-state index contributed by atoms with van der Waals surface area (Å²) in [6, 6.07) is 6.83. The fraction of sp³-hybridized carbons (Fsp3) is 0.600. The Balaban J connectivity index is 1.91. The van der Waals surface area contributed by atoms with Gasteiger partial charge in [-0.25, -0.2) is 0 Å². The van der Waals surface area contributed by atoms with Gasteiger partial charge in [-0.15, -0.1) is 0 Å². The maximum Gasteiger partial charge on any atom is 0.0548 e. The molecule has 0 heterocycles. The molecule has 18 heavy (non-hydrogen) atoms. The van der Waals surface area contributed by atoms with Crippen molar-refractivity contribution in [2.24, 2.45) is 5.92 Å². The van der Waals surface area contributed by atoms with E-state index >= 15 is 0 Å². The third kappa shape index (κ3) is 3.97. The fourth-order valence-corrected chi connectivity index (χ4v) is 3.24. The lowest BCUT2D eigenvalue weighted by Crippen LogP contribution is -2.33. The first kappa shape index (κ1) is 14.4. The minimum absolute atomic E-state index is 0.668. The molecule has 3 heteroatoms. The summed E-state index contributed by atoms with van der Waals surface area (Å²) < 4.78 is 0.984. The number of hydrogen-bond donors (Lipinski definition) is 1. The monoisotopic (exact) mass is 329 g/mol. The Labute approximate surface area is 123 Å². The van der Waals surface area contributed by atoms with Gasteiger partial charge in [0.05, 0.1) is 5.02 Å². The third-order valence-corrected chi connectivity index (χ3v) is 5.13. The van der Waals surface area contributed by atoms with Crippen molar-refractivity contribution >= 4 is 27.5 Å². The van der Waals surface area contributed by atoms with Crippen molar-refractivity contribution in [3.05, 3.63) is 33.3 Å². The molecule has 0 aromatic heterocycles. The molecule has 0 spiro atoms. The summed E-state index contributed by atoms with van der Waals surface area (Å²) >= 11 is 9.48. The molecule has 1 saturated carbocycles. The van der Waals surface area contributed by atoms with E-state index in [-0.39, 0.29) is 0 Å². The topological polar surface area (TPSA) is 12.0 Å². The number of halogens is 2. The fourth-order valence-electron chi connectivity index (χ4n) is 2.69. The van der Waals surface area contributed by atoms with E-state index in [0.29, 0.717) is 6.04 Å². The molecular formula is C15H21BrClN. The first-order valence-electron chi connectivity index (χ1n) is 6.84. The summed E-state index contributed by atoms with van der Waals surface area (Å²) in [6.07, 6.45) is 6.84. The largest absolute Gasteiger partial charge is 0.310 e. The zero-order chi connectivity index (χ0) is 13.0. The zero-order valence-electron chi connectivity index (χ0n) is 10.9. The minimum atomic E-state index is 0.668. The molecule has 0 aliphatic heterocycles. The van der Waals surface area contributed by atoms with Crippen LogP contribution in [0.25, 0.3) is 0 Å². The Morgan fingerprint density at radius 2 is 2.06 bits per heavy atom. The molecule has 1 aliphatic rings.